The molecule has 1 saturated carbocycles. The normalized spacial score (nSPS) is 17.4. The molecule has 0 saturated heterocycles. The van der Waals surface area contributed by atoms with Crippen LogP contribution < -0.4 is 10.6 Å². The van der Waals surface area contributed by atoms with Crippen LogP contribution in [0.1, 0.15) is 33.1 Å². The second kappa shape index (κ2) is 7.20. The molecule has 0 bridgehead atoms. The van der Waals surface area contributed by atoms with Crippen molar-refractivity contribution in [3.63, 3.8) is 0 Å². The highest BCUT2D eigenvalue weighted by atomic mass is 15.2. The zero-order chi connectivity index (χ0) is 11.1. The Morgan fingerprint density at radius 2 is 1.93 bits per heavy atom. The van der Waals surface area contributed by atoms with E-state index in [1.54, 1.807) is 0 Å². The van der Waals surface area contributed by atoms with Gasteiger partial charge in [-0.25, -0.2) is 0 Å². The standard InChI is InChI=1S/C12H27N3/c1-11(2)15(12-5-4-6-12)10-9-14-8-7-13-3/h11-14H,4-10H2,1-3H3. The summed E-state index contributed by atoms with van der Waals surface area (Å²) in [6.45, 7) is 9.08. The van der Waals surface area contributed by atoms with Gasteiger partial charge in [-0.15, -0.1) is 0 Å². The van der Waals surface area contributed by atoms with Gasteiger partial charge in [0.2, 0.25) is 0 Å². The third kappa shape index (κ3) is 4.49. The zero-order valence-electron chi connectivity index (χ0n) is 10.6. The minimum absolute atomic E-state index is 0.696. The number of rotatable bonds is 8. The molecule has 0 aliphatic heterocycles. The molecule has 15 heavy (non-hydrogen) atoms. The van der Waals surface area contributed by atoms with Crippen molar-refractivity contribution in [2.45, 2.75) is 45.2 Å². The van der Waals surface area contributed by atoms with Crippen LogP contribution in [0, 0.1) is 0 Å². The first-order chi connectivity index (χ1) is 7.25. The Balaban J connectivity index is 2.09. The third-order valence-corrected chi connectivity index (χ3v) is 3.31. The topological polar surface area (TPSA) is 27.3 Å². The van der Waals surface area contributed by atoms with Crippen LogP contribution in [-0.2, 0) is 0 Å². The fraction of sp³-hybridized carbons (Fsp3) is 1.00. The molecular formula is C12H27N3. The van der Waals surface area contributed by atoms with Crippen LogP contribution in [0.25, 0.3) is 0 Å². The van der Waals surface area contributed by atoms with Gasteiger partial charge in [0.15, 0.2) is 0 Å². The van der Waals surface area contributed by atoms with Crippen molar-refractivity contribution in [3.8, 4) is 0 Å². The molecule has 0 heterocycles. The van der Waals surface area contributed by atoms with Crippen LogP contribution in [0.5, 0.6) is 0 Å². The summed E-state index contributed by atoms with van der Waals surface area (Å²) < 4.78 is 0. The van der Waals surface area contributed by atoms with Gasteiger partial charge in [0.05, 0.1) is 0 Å². The predicted molar refractivity (Wildman–Crippen MR) is 66.3 cm³/mol. The summed E-state index contributed by atoms with van der Waals surface area (Å²) in [5.41, 5.74) is 0. The first-order valence-corrected chi connectivity index (χ1v) is 6.36. The number of hydrogen-bond donors (Lipinski definition) is 2. The van der Waals surface area contributed by atoms with Crippen molar-refractivity contribution in [1.82, 2.24) is 15.5 Å². The van der Waals surface area contributed by atoms with Crippen LogP contribution in [0.4, 0.5) is 0 Å². The average Bonchev–Trinajstić information content (AvgIpc) is 2.12. The fourth-order valence-corrected chi connectivity index (χ4v) is 2.13. The van der Waals surface area contributed by atoms with E-state index < -0.39 is 0 Å². The molecule has 3 heteroatoms. The van der Waals surface area contributed by atoms with Gasteiger partial charge in [-0.2, -0.15) is 0 Å². The maximum Gasteiger partial charge on any atom is 0.0112 e. The lowest BCUT2D eigenvalue weighted by atomic mass is 9.90. The van der Waals surface area contributed by atoms with E-state index in [-0.39, 0.29) is 0 Å². The largest absolute Gasteiger partial charge is 0.318 e. The maximum atomic E-state index is 3.47. The lowest BCUT2D eigenvalue weighted by molar-refractivity contribution is 0.0956. The lowest BCUT2D eigenvalue weighted by Crippen LogP contribution is -2.47. The summed E-state index contributed by atoms with van der Waals surface area (Å²) in [4.78, 5) is 2.65. The highest BCUT2D eigenvalue weighted by molar-refractivity contribution is 4.82. The van der Waals surface area contributed by atoms with Crippen molar-refractivity contribution in [2.24, 2.45) is 0 Å². The van der Waals surface area contributed by atoms with Gasteiger partial charge < -0.3 is 10.6 Å². The minimum atomic E-state index is 0.696. The average molecular weight is 213 g/mol. The van der Waals surface area contributed by atoms with Crippen molar-refractivity contribution < 1.29 is 0 Å². The Morgan fingerprint density at radius 3 is 2.40 bits per heavy atom. The molecule has 0 radical (unpaired) electrons. The van der Waals surface area contributed by atoms with Crippen molar-refractivity contribution in [3.05, 3.63) is 0 Å². The summed E-state index contributed by atoms with van der Waals surface area (Å²) in [6, 6.07) is 1.57. The van der Waals surface area contributed by atoms with Gasteiger partial charge in [-0.1, -0.05) is 6.42 Å². The Hall–Kier alpha value is -0.120. The first kappa shape index (κ1) is 12.9. The van der Waals surface area contributed by atoms with Crippen LogP contribution in [0.3, 0.4) is 0 Å². The monoisotopic (exact) mass is 213 g/mol. The number of nitrogens with zero attached hydrogens (tertiary/aromatic N) is 1. The molecule has 90 valence electrons. The third-order valence-electron chi connectivity index (χ3n) is 3.31. The maximum absolute atomic E-state index is 3.47. The summed E-state index contributed by atoms with van der Waals surface area (Å²) in [7, 11) is 2.00. The predicted octanol–water partition coefficient (Wildman–Crippen LogP) is 1.06. The Kier molecular flexibility index (Phi) is 6.22. The van der Waals surface area contributed by atoms with E-state index in [2.05, 4.69) is 29.4 Å². The van der Waals surface area contributed by atoms with Crippen LogP contribution in [-0.4, -0.2) is 50.2 Å². The van der Waals surface area contributed by atoms with Gasteiger partial charge in [-0.05, 0) is 33.7 Å². The van der Waals surface area contributed by atoms with Gasteiger partial charge >= 0.3 is 0 Å². The number of hydrogen-bond acceptors (Lipinski definition) is 3. The van der Waals surface area contributed by atoms with Crippen molar-refractivity contribution in [1.29, 1.82) is 0 Å². The molecule has 0 amide bonds. The van der Waals surface area contributed by atoms with Gasteiger partial charge in [0.25, 0.3) is 0 Å². The minimum Gasteiger partial charge on any atom is -0.318 e. The quantitative estimate of drug-likeness (QED) is 0.590. The highest BCUT2D eigenvalue weighted by Crippen LogP contribution is 2.25. The highest BCUT2D eigenvalue weighted by Gasteiger charge is 2.25. The number of likely N-dealkylation sites (N-methyl/N-ethyl adjacent to an activating group) is 1. The second-order valence-corrected chi connectivity index (χ2v) is 4.77. The molecule has 2 N–H and O–H groups in total. The summed E-state index contributed by atoms with van der Waals surface area (Å²) >= 11 is 0. The molecule has 1 aliphatic rings. The number of nitrogens with one attached hydrogen (secondary N) is 2. The van der Waals surface area contributed by atoms with Gasteiger partial charge in [0, 0.05) is 38.3 Å². The van der Waals surface area contributed by atoms with Crippen LogP contribution in [0.15, 0.2) is 0 Å². The molecule has 0 spiro atoms. The molecule has 0 aromatic rings. The SMILES string of the molecule is CNCCNCCN(C(C)C)C1CCC1. The second-order valence-electron chi connectivity index (χ2n) is 4.77. The molecule has 0 aromatic carbocycles. The van der Waals surface area contributed by atoms with E-state index in [0.717, 1.165) is 25.7 Å². The van der Waals surface area contributed by atoms with E-state index >= 15 is 0 Å². The first-order valence-electron chi connectivity index (χ1n) is 6.36. The van der Waals surface area contributed by atoms with E-state index in [1.165, 1.54) is 25.8 Å². The fourth-order valence-electron chi connectivity index (χ4n) is 2.13. The molecule has 3 nitrogen and oxygen atoms in total. The molecular weight excluding hydrogens is 186 g/mol. The zero-order valence-corrected chi connectivity index (χ0v) is 10.6. The summed E-state index contributed by atoms with van der Waals surface area (Å²) in [5, 5.41) is 6.62. The van der Waals surface area contributed by atoms with Gasteiger partial charge in [0.1, 0.15) is 0 Å². The van der Waals surface area contributed by atoms with E-state index in [4.69, 9.17) is 0 Å². The lowest BCUT2D eigenvalue weighted by Gasteiger charge is -2.40. The van der Waals surface area contributed by atoms with E-state index in [0.29, 0.717) is 6.04 Å². The van der Waals surface area contributed by atoms with E-state index in [1.807, 2.05) is 7.05 Å². The molecule has 0 atom stereocenters. The van der Waals surface area contributed by atoms with Crippen LogP contribution in [0.2, 0.25) is 0 Å². The van der Waals surface area contributed by atoms with Crippen molar-refractivity contribution >= 4 is 0 Å². The van der Waals surface area contributed by atoms with E-state index in [9.17, 15) is 0 Å². The molecule has 1 aliphatic carbocycles. The Morgan fingerprint density at radius 1 is 1.20 bits per heavy atom. The molecule has 1 rings (SSSR count). The van der Waals surface area contributed by atoms with Crippen LogP contribution >= 0.6 is 0 Å². The van der Waals surface area contributed by atoms with Crippen molar-refractivity contribution in [2.75, 3.05) is 33.2 Å². The summed E-state index contributed by atoms with van der Waals surface area (Å²) in [5.74, 6) is 0. The smallest absolute Gasteiger partial charge is 0.0112 e. The Labute approximate surface area is 94.6 Å². The molecule has 1 fully saturated rings. The molecule has 0 unspecified atom stereocenters. The van der Waals surface area contributed by atoms with Gasteiger partial charge in [-0.3, -0.25) is 4.90 Å². The molecule has 0 aromatic heterocycles. The summed E-state index contributed by atoms with van der Waals surface area (Å²) in [6.07, 6.45) is 4.25. The Bertz CT molecular complexity index is 155.